The molecule has 4 rings (SSSR count). The van der Waals surface area contributed by atoms with E-state index in [0.717, 1.165) is 30.7 Å². The van der Waals surface area contributed by atoms with E-state index in [0.29, 0.717) is 22.8 Å². The number of rotatable bonds is 6. The third kappa shape index (κ3) is 3.97. The molecule has 0 unspecified atom stereocenters. The van der Waals surface area contributed by atoms with E-state index in [1.54, 1.807) is 18.2 Å². The number of unbranched alkanes of at least 4 members (excludes halogenated alkanes) is 1. The van der Waals surface area contributed by atoms with Gasteiger partial charge in [0.1, 0.15) is 5.82 Å². The minimum absolute atomic E-state index is 0.0529. The van der Waals surface area contributed by atoms with Crippen molar-refractivity contribution in [1.82, 2.24) is 14.1 Å². The molecular formula is C24H25N5O4. The van der Waals surface area contributed by atoms with Crippen LogP contribution in [-0.2, 0) is 13.1 Å². The number of aromatic nitrogens is 3. The molecule has 2 aromatic carbocycles. The Morgan fingerprint density at radius 1 is 0.909 bits per heavy atom. The molecule has 2 heterocycles. The summed E-state index contributed by atoms with van der Waals surface area (Å²) in [6.07, 6.45) is 1.69. The van der Waals surface area contributed by atoms with Gasteiger partial charge in [0.2, 0.25) is 11.8 Å². The summed E-state index contributed by atoms with van der Waals surface area (Å²) in [6.45, 7) is 7.16. The fraction of sp³-hybridized carbons (Fsp3) is 0.292. The van der Waals surface area contributed by atoms with Crippen molar-refractivity contribution >= 4 is 33.6 Å². The monoisotopic (exact) mass is 447 g/mol. The van der Waals surface area contributed by atoms with Gasteiger partial charge in [0.25, 0.3) is 11.8 Å². The Balaban J connectivity index is 1.57. The molecule has 33 heavy (non-hydrogen) atoms. The van der Waals surface area contributed by atoms with Gasteiger partial charge < -0.3 is 14.8 Å². The number of imidazole rings is 1. The molecule has 170 valence electrons. The summed E-state index contributed by atoms with van der Waals surface area (Å²) in [7, 11) is 0. The highest BCUT2D eigenvalue weighted by Gasteiger charge is 2.18. The molecule has 4 aromatic rings. The molecule has 9 heteroatoms. The second-order valence-electron chi connectivity index (χ2n) is 7.83. The van der Waals surface area contributed by atoms with Gasteiger partial charge in [-0.1, -0.05) is 13.3 Å². The first-order valence-corrected chi connectivity index (χ1v) is 10.9. The number of benzene rings is 2. The minimum atomic E-state index is -0.724. The van der Waals surface area contributed by atoms with Crippen molar-refractivity contribution in [2.24, 2.45) is 10.2 Å². The number of hydrogen-bond acceptors (Lipinski definition) is 5. The Morgan fingerprint density at radius 2 is 1.55 bits per heavy atom. The second-order valence-corrected chi connectivity index (χ2v) is 7.83. The maximum absolute atomic E-state index is 12.5. The van der Waals surface area contributed by atoms with Crippen LogP contribution in [0.3, 0.4) is 0 Å². The van der Waals surface area contributed by atoms with Gasteiger partial charge >= 0.3 is 0 Å². The minimum Gasteiger partial charge on any atom is -0.494 e. The summed E-state index contributed by atoms with van der Waals surface area (Å²) in [6, 6.07) is 9.52. The standard InChI is InChI=1S/C24H25N5O4/c1-4-6-11-29-23(32)17-9-7-15(12-18(17)24(29)33)21(30)26-27-22(31)16-8-10-20-19(13-16)25-14(3)28(20)5-2/h7-10,12-13,32-33H,4-6,11H2,1-3H3. The highest BCUT2D eigenvalue weighted by atomic mass is 16.3. The normalized spacial score (nSPS) is 11.7. The van der Waals surface area contributed by atoms with Crippen LogP contribution in [0.15, 0.2) is 46.6 Å². The molecule has 0 aliphatic carbocycles. The molecule has 0 bridgehead atoms. The number of carbonyl (C=O) groups excluding carboxylic acids is 2. The maximum Gasteiger partial charge on any atom is 0.295 e. The predicted octanol–water partition coefficient (Wildman–Crippen LogP) is 4.96. The van der Waals surface area contributed by atoms with Crippen LogP contribution in [0.25, 0.3) is 21.8 Å². The zero-order valence-electron chi connectivity index (χ0n) is 18.7. The Kier molecular flexibility index (Phi) is 5.95. The lowest BCUT2D eigenvalue weighted by Gasteiger charge is -2.04. The van der Waals surface area contributed by atoms with Gasteiger partial charge in [-0.2, -0.15) is 0 Å². The second kappa shape index (κ2) is 8.85. The first kappa shape index (κ1) is 22.2. The van der Waals surface area contributed by atoms with Crippen molar-refractivity contribution in [2.75, 3.05) is 0 Å². The number of carbonyl (C=O) groups is 2. The van der Waals surface area contributed by atoms with Gasteiger partial charge in [0, 0.05) is 35.0 Å². The smallest absolute Gasteiger partial charge is 0.295 e. The lowest BCUT2D eigenvalue weighted by Crippen LogP contribution is -1.99. The number of amides is 2. The first-order valence-electron chi connectivity index (χ1n) is 10.9. The van der Waals surface area contributed by atoms with Crippen molar-refractivity contribution in [1.29, 1.82) is 0 Å². The molecule has 0 radical (unpaired) electrons. The fourth-order valence-corrected chi connectivity index (χ4v) is 3.97. The molecule has 2 amide bonds. The number of azo groups is 1. The summed E-state index contributed by atoms with van der Waals surface area (Å²) in [4.78, 5) is 29.5. The van der Waals surface area contributed by atoms with E-state index < -0.39 is 11.8 Å². The Bertz CT molecular complexity index is 1410. The maximum atomic E-state index is 12.5. The van der Waals surface area contributed by atoms with Crippen molar-refractivity contribution in [2.45, 2.75) is 46.7 Å². The SMILES string of the molecule is CCCCn1c(O)c2ccc(C(=O)N=NC(=O)c3ccc4c(c3)nc(C)n4CC)cc2c1O. The van der Waals surface area contributed by atoms with Crippen LogP contribution in [0.5, 0.6) is 11.8 Å². The van der Waals surface area contributed by atoms with E-state index in [1.165, 1.54) is 22.8 Å². The van der Waals surface area contributed by atoms with Crippen LogP contribution in [0.1, 0.15) is 53.2 Å². The molecule has 0 spiro atoms. The summed E-state index contributed by atoms with van der Waals surface area (Å²) in [5, 5.41) is 28.7. The van der Waals surface area contributed by atoms with Gasteiger partial charge in [0.15, 0.2) is 0 Å². The van der Waals surface area contributed by atoms with E-state index >= 15 is 0 Å². The van der Waals surface area contributed by atoms with Crippen molar-refractivity contribution in [3.8, 4) is 11.8 Å². The number of hydrogen-bond donors (Lipinski definition) is 2. The van der Waals surface area contributed by atoms with Gasteiger partial charge in [-0.25, -0.2) is 4.98 Å². The average molecular weight is 447 g/mol. The Morgan fingerprint density at radius 3 is 2.21 bits per heavy atom. The lowest BCUT2D eigenvalue weighted by atomic mass is 10.1. The lowest BCUT2D eigenvalue weighted by molar-refractivity contribution is 0.0947. The Hall–Kier alpha value is -4.01. The van der Waals surface area contributed by atoms with Gasteiger partial charge in [0.05, 0.1) is 11.0 Å². The molecule has 0 fully saturated rings. The van der Waals surface area contributed by atoms with Gasteiger partial charge in [-0.15, -0.1) is 10.2 Å². The number of aromatic hydroxyl groups is 2. The van der Waals surface area contributed by atoms with E-state index in [2.05, 4.69) is 15.2 Å². The summed E-state index contributed by atoms with van der Waals surface area (Å²) >= 11 is 0. The number of nitrogens with zero attached hydrogens (tertiary/aromatic N) is 5. The van der Waals surface area contributed by atoms with Crippen LogP contribution >= 0.6 is 0 Å². The average Bonchev–Trinajstić information content (AvgIpc) is 3.27. The highest BCUT2D eigenvalue weighted by molar-refractivity contribution is 6.03. The molecule has 2 N–H and O–H groups in total. The van der Waals surface area contributed by atoms with Gasteiger partial charge in [-0.3, -0.25) is 14.2 Å². The van der Waals surface area contributed by atoms with Crippen molar-refractivity contribution in [3.05, 3.63) is 53.3 Å². The molecule has 0 atom stereocenters. The number of aryl methyl sites for hydroxylation is 2. The largest absolute Gasteiger partial charge is 0.494 e. The fourth-order valence-electron chi connectivity index (χ4n) is 3.97. The third-order valence-corrected chi connectivity index (χ3v) is 5.73. The van der Waals surface area contributed by atoms with Gasteiger partial charge in [-0.05, 0) is 56.7 Å². The molecule has 2 aromatic heterocycles. The zero-order chi connectivity index (χ0) is 23.7. The van der Waals surface area contributed by atoms with Crippen molar-refractivity contribution < 1.29 is 19.8 Å². The quantitative estimate of drug-likeness (QED) is 0.404. The predicted molar refractivity (Wildman–Crippen MR) is 124 cm³/mol. The van der Waals surface area contributed by atoms with Crippen LogP contribution in [0.4, 0.5) is 0 Å². The Labute approximate surface area is 190 Å². The molecule has 0 saturated carbocycles. The molecule has 0 aliphatic rings. The van der Waals surface area contributed by atoms with E-state index in [1.807, 2.05) is 25.3 Å². The van der Waals surface area contributed by atoms with Crippen LogP contribution < -0.4 is 0 Å². The summed E-state index contributed by atoms with van der Waals surface area (Å²) in [5.74, 6) is -0.697. The number of fused-ring (bicyclic) bond motifs is 2. The third-order valence-electron chi connectivity index (χ3n) is 5.73. The highest BCUT2D eigenvalue weighted by Crippen LogP contribution is 2.37. The summed E-state index contributed by atoms with van der Waals surface area (Å²) < 4.78 is 3.44. The van der Waals surface area contributed by atoms with Crippen LogP contribution in [-0.4, -0.2) is 36.1 Å². The molecule has 9 nitrogen and oxygen atoms in total. The van der Waals surface area contributed by atoms with Crippen LogP contribution in [0.2, 0.25) is 0 Å². The molecular weight excluding hydrogens is 422 g/mol. The zero-order valence-corrected chi connectivity index (χ0v) is 18.7. The molecule has 0 aliphatic heterocycles. The van der Waals surface area contributed by atoms with E-state index in [4.69, 9.17) is 0 Å². The first-order chi connectivity index (χ1) is 15.8. The van der Waals surface area contributed by atoms with Crippen molar-refractivity contribution in [3.63, 3.8) is 0 Å². The van der Waals surface area contributed by atoms with E-state index in [9.17, 15) is 19.8 Å². The van der Waals surface area contributed by atoms with Crippen LogP contribution in [0, 0.1) is 6.92 Å². The van der Waals surface area contributed by atoms with E-state index in [-0.39, 0.29) is 22.9 Å². The molecule has 0 saturated heterocycles. The summed E-state index contributed by atoms with van der Waals surface area (Å²) in [5.41, 5.74) is 2.03. The topological polar surface area (TPSA) is 122 Å².